The summed E-state index contributed by atoms with van der Waals surface area (Å²) in [6.07, 6.45) is -0.667. The third-order valence-electron chi connectivity index (χ3n) is 4.65. The van der Waals surface area contributed by atoms with Crippen LogP contribution in [-0.2, 0) is 9.53 Å². The van der Waals surface area contributed by atoms with E-state index in [-0.39, 0.29) is 6.42 Å². The fourth-order valence-electron chi connectivity index (χ4n) is 3.38. The molecule has 5 heteroatoms. The van der Waals surface area contributed by atoms with Gasteiger partial charge in [0, 0.05) is 16.8 Å². The van der Waals surface area contributed by atoms with Gasteiger partial charge >= 0.3 is 5.97 Å². The van der Waals surface area contributed by atoms with Gasteiger partial charge in [-0.05, 0) is 35.4 Å². The fraction of sp³-hybridized carbons (Fsp3) is 0.0870. The summed E-state index contributed by atoms with van der Waals surface area (Å²) in [7, 11) is 0. The Morgan fingerprint density at radius 1 is 0.893 bits per heavy atom. The van der Waals surface area contributed by atoms with Gasteiger partial charge in [0.05, 0.1) is 11.6 Å². The minimum atomic E-state index is -0.449. The van der Waals surface area contributed by atoms with E-state index >= 15 is 0 Å². The van der Waals surface area contributed by atoms with Crippen molar-refractivity contribution in [1.82, 2.24) is 0 Å². The monoisotopic (exact) mass is 368 g/mol. The van der Waals surface area contributed by atoms with Crippen LogP contribution in [0.15, 0.2) is 72.8 Å². The van der Waals surface area contributed by atoms with Crippen molar-refractivity contribution in [3.8, 4) is 17.2 Å². The number of rotatable bonds is 4. The topological polar surface area (TPSA) is 79.2 Å². The highest BCUT2D eigenvalue weighted by molar-refractivity contribution is 5.94. The molecule has 0 bridgehead atoms. The summed E-state index contributed by atoms with van der Waals surface area (Å²) in [5.74, 6) is -0.830. The lowest BCUT2D eigenvalue weighted by Crippen LogP contribution is -2.12. The van der Waals surface area contributed by atoms with Gasteiger partial charge in [-0.2, -0.15) is 5.26 Å². The lowest BCUT2D eigenvalue weighted by atomic mass is 10.1. The third-order valence-corrected chi connectivity index (χ3v) is 4.65. The van der Waals surface area contributed by atoms with Crippen molar-refractivity contribution in [3.05, 3.63) is 89.5 Å². The van der Waals surface area contributed by atoms with Gasteiger partial charge in [-0.15, -0.1) is 0 Å². The minimum absolute atomic E-state index is 0.218. The highest BCUT2D eigenvalue weighted by Gasteiger charge is 2.31. The predicted octanol–water partition coefficient (Wildman–Crippen LogP) is 4.47. The molecule has 0 fully saturated rings. The molecule has 0 heterocycles. The molecule has 0 spiro atoms. The van der Waals surface area contributed by atoms with Gasteiger partial charge in [-0.25, -0.2) is 4.79 Å². The van der Waals surface area contributed by atoms with Crippen LogP contribution >= 0.6 is 0 Å². The van der Waals surface area contributed by atoms with E-state index in [9.17, 15) is 9.59 Å². The van der Waals surface area contributed by atoms with E-state index in [0.29, 0.717) is 11.3 Å². The zero-order valence-electron chi connectivity index (χ0n) is 14.9. The first-order valence-electron chi connectivity index (χ1n) is 8.83. The number of esters is 1. The van der Waals surface area contributed by atoms with Crippen molar-refractivity contribution in [2.24, 2.45) is 0 Å². The number of amides is 1. The van der Waals surface area contributed by atoms with Crippen LogP contribution in [0.1, 0.15) is 34.0 Å². The molecule has 1 aliphatic rings. The van der Waals surface area contributed by atoms with Crippen LogP contribution < -0.4 is 5.32 Å². The molecule has 3 aromatic carbocycles. The molecule has 0 unspecified atom stereocenters. The van der Waals surface area contributed by atoms with Gasteiger partial charge < -0.3 is 10.1 Å². The molecule has 3 aromatic rings. The number of fused-ring (bicyclic) bond motifs is 3. The van der Waals surface area contributed by atoms with Gasteiger partial charge in [0.25, 0.3) is 0 Å². The van der Waals surface area contributed by atoms with Gasteiger partial charge in [0.2, 0.25) is 5.91 Å². The maximum Gasteiger partial charge on any atom is 0.339 e. The Morgan fingerprint density at radius 3 is 2.04 bits per heavy atom. The molecule has 0 saturated heterocycles. The Balaban J connectivity index is 1.54. The number of carbonyl (C=O) groups excluding carboxylic acids is 2. The van der Waals surface area contributed by atoms with E-state index in [4.69, 9.17) is 10.00 Å². The number of hydrogen-bond acceptors (Lipinski definition) is 4. The third kappa shape index (κ3) is 3.24. The van der Waals surface area contributed by atoms with Crippen molar-refractivity contribution in [1.29, 1.82) is 5.26 Å². The van der Waals surface area contributed by atoms with Crippen LogP contribution in [0.3, 0.4) is 0 Å². The normalized spacial score (nSPS) is 11.8. The maximum absolute atomic E-state index is 12.7. The molecule has 0 aliphatic heterocycles. The number of nitriles is 1. The molecular weight excluding hydrogens is 352 g/mol. The highest BCUT2D eigenvalue weighted by Crippen LogP contribution is 2.45. The first-order valence-corrected chi connectivity index (χ1v) is 8.83. The van der Waals surface area contributed by atoms with Crippen LogP contribution in [0, 0.1) is 11.3 Å². The van der Waals surface area contributed by atoms with Gasteiger partial charge in [-0.3, -0.25) is 4.79 Å². The van der Waals surface area contributed by atoms with Gasteiger partial charge in [-0.1, -0.05) is 48.5 Å². The fourth-order valence-corrected chi connectivity index (χ4v) is 3.38. The molecule has 4 rings (SSSR count). The summed E-state index contributed by atoms with van der Waals surface area (Å²) < 4.78 is 5.84. The van der Waals surface area contributed by atoms with Crippen molar-refractivity contribution in [2.45, 2.75) is 12.5 Å². The number of nitrogens with zero attached hydrogens (tertiary/aromatic N) is 1. The number of carbonyl (C=O) groups is 2. The van der Waals surface area contributed by atoms with E-state index in [1.54, 1.807) is 30.3 Å². The second-order valence-electron chi connectivity index (χ2n) is 6.42. The standard InChI is InChI=1S/C23H16N2O3/c24-14-13-21(26)25-16-11-9-15(10-12-16)23(27)28-22-19-7-3-1-5-17(19)18-6-2-4-8-20(18)22/h1-12,22H,13H2,(H,25,26). The number of nitrogens with one attached hydrogen (secondary N) is 1. The molecule has 0 aromatic heterocycles. The second-order valence-corrected chi connectivity index (χ2v) is 6.42. The quantitative estimate of drug-likeness (QED) is 0.689. The molecule has 136 valence electrons. The van der Waals surface area contributed by atoms with E-state index in [2.05, 4.69) is 5.32 Å². The smallest absolute Gasteiger partial charge is 0.339 e. The lowest BCUT2D eigenvalue weighted by Gasteiger charge is -2.15. The zero-order valence-corrected chi connectivity index (χ0v) is 14.9. The number of ether oxygens (including phenoxy) is 1. The predicted molar refractivity (Wildman–Crippen MR) is 104 cm³/mol. The molecule has 1 amide bonds. The molecule has 0 saturated carbocycles. The van der Waals surface area contributed by atoms with Crippen LogP contribution in [-0.4, -0.2) is 11.9 Å². The van der Waals surface area contributed by atoms with E-state index in [1.165, 1.54) is 0 Å². The molecule has 5 nitrogen and oxygen atoms in total. The van der Waals surface area contributed by atoms with Crippen molar-refractivity contribution in [2.75, 3.05) is 5.32 Å². The van der Waals surface area contributed by atoms with Crippen LogP contribution in [0.2, 0.25) is 0 Å². The minimum Gasteiger partial charge on any atom is -0.449 e. The Labute approximate surface area is 162 Å². The summed E-state index contributed by atoms with van der Waals surface area (Å²) in [5, 5.41) is 11.1. The van der Waals surface area contributed by atoms with Crippen molar-refractivity contribution < 1.29 is 14.3 Å². The van der Waals surface area contributed by atoms with E-state index < -0.39 is 18.0 Å². The highest BCUT2D eigenvalue weighted by atomic mass is 16.5. The second kappa shape index (κ2) is 7.37. The van der Waals surface area contributed by atoms with Crippen LogP contribution in [0.5, 0.6) is 0 Å². The number of hydrogen-bond donors (Lipinski definition) is 1. The summed E-state index contributed by atoms with van der Waals surface area (Å²) in [5.41, 5.74) is 5.00. The first-order chi connectivity index (χ1) is 13.7. The Hall–Kier alpha value is -3.91. The SMILES string of the molecule is N#CCC(=O)Nc1ccc(C(=O)OC2c3ccccc3-c3ccccc32)cc1. The van der Waals surface area contributed by atoms with Gasteiger partial charge in [0.15, 0.2) is 6.10 Å². The van der Waals surface area contributed by atoms with Crippen LogP contribution in [0.4, 0.5) is 5.69 Å². The average Bonchev–Trinajstić information content (AvgIpc) is 3.03. The molecule has 0 radical (unpaired) electrons. The number of anilines is 1. The Morgan fingerprint density at radius 2 is 1.46 bits per heavy atom. The Kier molecular flexibility index (Phi) is 4.61. The molecular formula is C23H16N2O3. The number of benzene rings is 3. The molecule has 1 aliphatic carbocycles. The lowest BCUT2D eigenvalue weighted by molar-refractivity contribution is -0.115. The summed E-state index contributed by atoms with van der Waals surface area (Å²) in [6, 6.07) is 24.0. The van der Waals surface area contributed by atoms with E-state index in [1.807, 2.05) is 48.5 Å². The van der Waals surface area contributed by atoms with Crippen molar-refractivity contribution >= 4 is 17.6 Å². The molecule has 28 heavy (non-hydrogen) atoms. The van der Waals surface area contributed by atoms with Crippen LogP contribution in [0.25, 0.3) is 11.1 Å². The largest absolute Gasteiger partial charge is 0.449 e. The summed E-state index contributed by atoms with van der Waals surface area (Å²) >= 11 is 0. The molecule has 1 N–H and O–H groups in total. The zero-order chi connectivity index (χ0) is 19.5. The van der Waals surface area contributed by atoms with Gasteiger partial charge in [0.1, 0.15) is 6.42 Å². The van der Waals surface area contributed by atoms with Crippen molar-refractivity contribution in [3.63, 3.8) is 0 Å². The Bertz CT molecular complexity index is 1050. The summed E-state index contributed by atoms with van der Waals surface area (Å²) in [4.78, 5) is 24.2. The average molecular weight is 368 g/mol. The first kappa shape index (κ1) is 17.5. The van der Waals surface area contributed by atoms with E-state index in [0.717, 1.165) is 22.3 Å². The summed E-state index contributed by atoms with van der Waals surface area (Å²) in [6.45, 7) is 0. The maximum atomic E-state index is 12.7. The molecule has 0 atom stereocenters.